The summed E-state index contributed by atoms with van der Waals surface area (Å²) >= 11 is 3.50. The highest BCUT2D eigenvalue weighted by molar-refractivity contribution is 9.10. The Labute approximate surface area is 133 Å². The van der Waals surface area contributed by atoms with Crippen LogP contribution in [0.3, 0.4) is 0 Å². The van der Waals surface area contributed by atoms with E-state index in [0.29, 0.717) is 5.92 Å². The van der Waals surface area contributed by atoms with Crippen molar-refractivity contribution in [3.05, 3.63) is 28.2 Å². The third-order valence-corrected chi connectivity index (χ3v) is 5.18. The van der Waals surface area contributed by atoms with Crippen molar-refractivity contribution in [1.29, 1.82) is 0 Å². The smallest absolute Gasteiger partial charge is 0.314 e. The van der Waals surface area contributed by atoms with E-state index in [0.717, 1.165) is 54.5 Å². The second-order valence-corrected chi connectivity index (χ2v) is 7.29. The van der Waals surface area contributed by atoms with Gasteiger partial charge in [0.15, 0.2) is 0 Å². The van der Waals surface area contributed by atoms with Crippen LogP contribution in [0.15, 0.2) is 22.7 Å². The van der Waals surface area contributed by atoms with E-state index in [2.05, 4.69) is 15.9 Å². The molecule has 2 fully saturated rings. The van der Waals surface area contributed by atoms with E-state index in [1.54, 1.807) is 0 Å². The molecule has 2 saturated carbocycles. The summed E-state index contributed by atoms with van der Waals surface area (Å²) in [7, 11) is 0. The zero-order valence-electron chi connectivity index (χ0n) is 12.1. The molecule has 0 atom stereocenters. The fraction of sp³-hybridized carbons (Fsp3) is 0.588. The van der Waals surface area contributed by atoms with Crippen LogP contribution >= 0.6 is 15.9 Å². The number of hydrogen-bond acceptors (Lipinski definition) is 2. The highest BCUT2D eigenvalue weighted by Gasteiger charge is 2.41. The molecule has 0 radical (unpaired) electrons. The number of carbonyl (C=O) groups is 1. The van der Waals surface area contributed by atoms with Gasteiger partial charge >= 0.3 is 5.97 Å². The maximum Gasteiger partial charge on any atom is 0.314 e. The minimum Gasteiger partial charge on any atom is -0.493 e. The first-order valence-corrected chi connectivity index (χ1v) is 8.57. The fourth-order valence-corrected chi connectivity index (χ4v) is 3.67. The number of hydrogen-bond donors (Lipinski definition) is 1. The van der Waals surface area contributed by atoms with Crippen molar-refractivity contribution in [2.45, 2.75) is 50.4 Å². The number of carboxylic acids is 1. The Morgan fingerprint density at radius 3 is 2.57 bits per heavy atom. The molecule has 0 amide bonds. The lowest BCUT2D eigenvalue weighted by atomic mass is 9.69. The van der Waals surface area contributed by atoms with Crippen molar-refractivity contribution in [1.82, 2.24) is 0 Å². The number of carboxylic acid groups (broad SMARTS) is 1. The standard InChI is InChI=1S/C17H21BrO3/c18-14-8-13(9-15(10-14)21-11-12-4-5-12)17(16(19)20)6-2-1-3-7-17/h8-10,12H,1-7,11H2,(H,19,20). The van der Waals surface area contributed by atoms with Gasteiger partial charge < -0.3 is 9.84 Å². The van der Waals surface area contributed by atoms with E-state index in [9.17, 15) is 9.90 Å². The molecule has 4 heteroatoms. The van der Waals surface area contributed by atoms with Gasteiger partial charge in [-0.3, -0.25) is 4.79 Å². The predicted octanol–water partition coefficient (Wildman–Crippen LogP) is 4.52. The summed E-state index contributed by atoms with van der Waals surface area (Å²) in [4.78, 5) is 11.9. The van der Waals surface area contributed by atoms with Crippen LogP contribution in [-0.4, -0.2) is 17.7 Å². The van der Waals surface area contributed by atoms with Crippen LogP contribution < -0.4 is 4.74 Å². The van der Waals surface area contributed by atoms with Gasteiger partial charge in [0.1, 0.15) is 5.75 Å². The molecule has 1 N–H and O–H groups in total. The van der Waals surface area contributed by atoms with Crippen molar-refractivity contribution in [2.75, 3.05) is 6.61 Å². The van der Waals surface area contributed by atoms with Gasteiger partial charge in [-0.1, -0.05) is 35.2 Å². The van der Waals surface area contributed by atoms with Gasteiger partial charge in [-0.2, -0.15) is 0 Å². The maximum absolute atomic E-state index is 11.9. The highest BCUT2D eigenvalue weighted by Crippen LogP contribution is 2.42. The van der Waals surface area contributed by atoms with Gasteiger partial charge in [-0.15, -0.1) is 0 Å². The molecule has 0 spiro atoms. The minimum atomic E-state index is -0.736. The third kappa shape index (κ3) is 3.25. The Bertz CT molecular complexity index is 531. The summed E-state index contributed by atoms with van der Waals surface area (Å²) in [6, 6.07) is 5.82. The lowest BCUT2D eigenvalue weighted by Crippen LogP contribution is -2.37. The van der Waals surface area contributed by atoms with Crippen LogP contribution in [0.2, 0.25) is 0 Å². The van der Waals surface area contributed by atoms with Crippen molar-refractivity contribution in [2.24, 2.45) is 5.92 Å². The number of ether oxygens (including phenoxy) is 1. The van der Waals surface area contributed by atoms with Crippen LogP contribution in [0.4, 0.5) is 0 Å². The monoisotopic (exact) mass is 352 g/mol. The van der Waals surface area contributed by atoms with Crippen LogP contribution in [-0.2, 0) is 10.2 Å². The average molecular weight is 353 g/mol. The molecular formula is C17H21BrO3. The molecule has 0 aromatic heterocycles. The number of aliphatic carboxylic acids is 1. The molecule has 21 heavy (non-hydrogen) atoms. The lowest BCUT2D eigenvalue weighted by molar-refractivity contribution is -0.145. The summed E-state index contributed by atoms with van der Waals surface area (Å²) in [5, 5.41) is 9.80. The number of rotatable bonds is 5. The molecule has 3 nitrogen and oxygen atoms in total. The quantitative estimate of drug-likeness (QED) is 0.846. The zero-order valence-corrected chi connectivity index (χ0v) is 13.7. The molecule has 3 rings (SSSR count). The topological polar surface area (TPSA) is 46.5 Å². The minimum absolute atomic E-state index is 0.690. The largest absolute Gasteiger partial charge is 0.493 e. The molecule has 1 aromatic rings. The van der Waals surface area contributed by atoms with Crippen molar-refractivity contribution in [3.63, 3.8) is 0 Å². The second-order valence-electron chi connectivity index (χ2n) is 6.38. The SMILES string of the molecule is O=C(O)C1(c2cc(Br)cc(OCC3CC3)c2)CCCCC1. The first kappa shape index (κ1) is 14.9. The molecule has 0 bridgehead atoms. The molecule has 1 aromatic carbocycles. The van der Waals surface area contributed by atoms with Gasteiger partial charge in [-0.25, -0.2) is 0 Å². The highest BCUT2D eigenvalue weighted by atomic mass is 79.9. The Kier molecular flexibility index (Phi) is 4.25. The maximum atomic E-state index is 11.9. The molecule has 2 aliphatic carbocycles. The van der Waals surface area contributed by atoms with Gasteiger partial charge in [0.05, 0.1) is 12.0 Å². The number of benzene rings is 1. The molecule has 2 aliphatic rings. The van der Waals surface area contributed by atoms with Crippen LogP contribution in [0.25, 0.3) is 0 Å². The Morgan fingerprint density at radius 1 is 1.24 bits per heavy atom. The predicted molar refractivity (Wildman–Crippen MR) is 84.8 cm³/mol. The summed E-state index contributed by atoms with van der Waals surface area (Å²) in [5.41, 5.74) is 0.148. The summed E-state index contributed by atoms with van der Waals surface area (Å²) in [5.74, 6) is 0.779. The van der Waals surface area contributed by atoms with E-state index in [1.807, 2.05) is 18.2 Å². The lowest BCUT2D eigenvalue weighted by Gasteiger charge is -2.34. The van der Waals surface area contributed by atoms with E-state index in [4.69, 9.17) is 4.74 Å². The average Bonchev–Trinajstić information content (AvgIpc) is 3.29. The van der Waals surface area contributed by atoms with Gasteiger partial charge in [0.25, 0.3) is 0 Å². The van der Waals surface area contributed by atoms with Gasteiger partial charge in [0.2, 0.25) is 0 Å². The van der Waals surface area contributed by atoms with Crippen LogP contribution in [0.5, 0.6) is 5.75 Å². The Hall–Kier alpha value is -1.03. The third-order valence-electron chi connectivity index (χ3n) is 4.72. The van der Waals surface area contributed by atoms with E-state index in [1.165, 1.54) is 12.8 Å². The first-order chi connectivity index (χ1) is 10.1. The second kappa shape index (κ2) is 5.99. The molecule has 114 valence electrons. The Balaban J connectivity index is 1.89. The van der Waals surface area contributed by atoms with E-state index < -0.39 is 11.4 Å². The van der Waals surface area contributed by atoms with Crippen molar-refractivity contribution in [3.8, 4) is 5.75 Å². The first-order valence-electron chi connectivity index (χ1n) is 7.77. The van der Waals surface area contributed by atoms with E-state index >= 15 is 0 Å². The molecule has 0 unspecified atom stereocenters. The zero-order chi connectivity index (χ0) is 14.9. The molecule has 0 aliphatic heterocycles. The number of halogens is 1. The molecule has 0 heterocycles. The normalized spacial score (nSPS) is 21.0. The Morgan fingerprint density at radius 2 is 1.95 bits per heavy atom. The summed E-state index contributed by atoms with van der Waals surface area (Å²) < 4.78 is 6.74. The van der Waals surface area contributed by atoms with Crippen LogP contribution in [0.1, 0.15) is 50.5 Å². The summed E-state index contributed by atoms with van der Waals surface area (Å²) in [6.07, 6.45) is 7.05. The molecule has 0 saturated heterocycles. The van der Waals surface area contributed by atoms with Crippen molar-refractivity contribution < 1.29 is 14.6 Å². The van der Waals surface area contributed by atoms with Gasteiger partial charge in [-0.05, 0) is 55.4 Å². The van der Waals surface area contributed by atoms with E-state index in [-0.39, 0.29) is 0 Å². The van der Waals surface area contributed by atoms with Crippen LogP contribution in [0, 0.1) is 5.92 Å². The molecular weight excluding hydrogens is 332 g/mol. The van der Waals surface area contributed by atoms with Crippen molar-refractivity contribution >= 4 is 21.9 Å². The van der Waals surface area contributed by atoms with Gasteiger partial charge in [0, 0.05) is 4.47 Å². The fourth-order valence-electron chi connectivity index (χ4n) is 3.20. The summed E-state index contributed by atoms with van der Waals surface area (Å²) in [6.45, 7) is 0.746.